The Kier molecular flexibility index (Phi) is 5.78. The van der Waals surface area contributed by atoms with Gasteiger partial charge < -0.3 is 14.2 Å². The van der Waals surface area contributed by atoms with Gasteiger partial charge in [-0.3, -0.25) is 14.6 Å². The van der Waals surface area contributed by atoms with Gasteiger partial charge in [0.25, 0.3) is 5.91 Å². The molecule has 2 aromatic heterocycles. The first-order valence-corrected chi connectivity index (χ1v) is 9.64. The smallest absolute Gasteiger partial charge is 0.274 e. The van der Waals surface area contributed by atoms with E-state index < -0.39 is 0 Å². The average Bonchev–Trinajstić information content (AvgIpc) is 3.27. The van der Waals surface area contributed by atoms with Crippen molar-refractivity contribution in [3.63, 3.8) is 0 Å². The summed E-state index contributed by atoms with van der Waals surface area (Å²) in [6.07, 6.45) is 6.45. The van der Waals surface area contributed by atoms with Crippen LogP contribution in [0.4, 0.5) is 4.39 Å². The monoisotopic (exact) mass is 409 g/mol. The van der Waals surface area contributed by atoms with Crippen LogP contribution in [0.1, 0.15) is 22.8 Å². The van der Waals surface area contributed by atoms with Crippen LogP contribution >= 0.6 is 0 Å². The summed E-state index contributed by atoms with van der Waals surface area (Å²) in [4.78, 5) is 40.4. The zero-order valence-electron chi connectivity index (χ0n) is 16.2. The predicted octanol–water partition coefficient (Wildman–Crippen LogP) is 2.19. The summed E-state index contributed by atoms with van der Waals surface area (Å²) in [5.41, 5.74) is 0.637. The second kappa shape index (κ2) is 8.81. The molecule has 0 atom stereocenters. The summed E-state index contributed by atoms with van der Waals surface area (Å²) in [5.74, 6) is 0.123. The molecule has 0 radical (unpaired) electrons. The Morgan fingerprint density at radius 2 is 1.77 bits per heavy atom. The van der Waals surface area contributed by atoms with Gasteiger partial charge in [0.1, 0.15) is 11.5 Å². The first kappa shape index (κ1) is 19.7. The van der Waals surface area contributed by atoms with Gasteiger partial charge in [-0.15, -0.1) is 0 Å². The van der Waals surface area contributed by atoms with Crippen molar-refractivity contribution < 1.29 is 18.4 Å². The van der Waals surface area contributed by atoms with Crippen molar-refractivity contribution >= 4 is 11.8 Å². The highest BCUT2D eigenvalue weighted by Crippen LogP contribution is 2.23. The molecule has 0 bridgehead atoms. The Morgan fingerprint density at radius 1 is 1.00 bits per heavy atom. The van der Waals surface area contributed by atoms with Gasteiger partial charge in [0.2, 0.25) is 5.91 Å². The van der Waals surface area contributed by atoms with Crippen molar-refractivity contribution in [3.8, 4) is 11.3 Å². The maximum atomic E-state index is 13.9. The fourth-order valence-electron chi connectivity index (χ4n) is 3.31. The third-order valence-electron chi connectivity index (χ3n) is 4.95. The van der Waals surface area contributed by atoms with Crippen LogP contribution in [0.25, 0.3) is 11.3 Å². The number of carbonyl (C=O) groups is 2. The Hall–Kier alpha value is -3.62. The van der Waals surface area contributed by atoms with Crippen LogP contribution in [0.3, 0.4) is 0 Å². The van der Waals surface area contributed by atoms with Crippen LogP contribution in [-0.4, -0.2) is 62.7 Å². The Morgan fingerprint density at radius 3 is 2.50 bits per heavy atom. The minimum atomic E-state index is -0.384. The molecule has 4 rings (SSSR count). The number of aryl methyl sites for hydroxylation is 1. The number of amides is 2. The minimum absolute atomic E-state index is 0.0350. The molecule has 1 aliphatic rings. The number of halogens is 1. The van der Waals surface area contributed by atoms with E-state index in [1.165, 1.54) is 30.9 Å². The van der Waals surface area contributed by atoms with E-state index in [-0.39, 0.29) is 24.1 Å². The van der Waals surface area contributed by atoms with Crippen LogP contribution in [0.15, 0.2) is 53.5 Å². The summed E-state index contributed by atoms with van der Waals surface area (Å²) < 4.78 is 19.5. The molecule has 2 amide bonds. The average molecular weight is 409 g/mol. The SMILES string of the molecule is O=C(CCc1ncc(-c2ccccc2F)o1)N1CCN(C(=O)c2cnccn2)CC1. The van der Waals surface area contributed by atoms with Gasteiger partial charge in [-0.25, -0.2) is 14.4 Å². The molecule has 3 aromatic rings. The van der Waals surface area contributed by atoms with Crippen molar-refractivity contribution in [1.29, 1.82) is 0 Å². The molecule has 0 spiro atoms. The summed E-state index contributed by atoms with van der Waals surface area (Å²) in [6.45, 7) is 1.79. The second-order valence-corrected chi connectivity index (χ2v) is 6.86. The highest BCUT2D eigenvalue weighted by atomic mass is 19.1. The molecule has 0 unspecified atom stereocenters. The number of hydrogen-bond donors (Lipinski definition) is 0. The van der Waals surface area contributed by atoms with Crippen molar-refractivity contribution in [1.82, 2.24) is 24.8 Å². The number of oxazole rings is 1. The molecule has 9 heteroatoms. The van der Waals surface area contributed by atoms with Gasteiger partial charge in [-0.05, 0) is 12.1 Å². The zero-order chi connectivity index (χ0) is 20.9. The topological polar surface area (TPSA) is 92.4 Å². The van der Waals surface area contributed by atoms with Gasteiger partial charge in [0.15, 0.2) is 11.7 Å². The molecule has 0 aliphatic carbocycles. The maximum absolute atomic E-state index is 13.9. The van der Waals surface area contributed by atoms with Crippen LogP contribution in [0.5, 0.6) is 0 Å². The number of aromatic nitrogens is 3. The Balaban J connectivity index is 1.28. The van der Waals surface area contributed by atoms with Gasteiger partial charge in [-0.1, -0.05) is 12.1 Å². The zero-order valence-corrected chi connectivity index (χ0v) is 16.2. The van der Waals surface area contributed by atoms with Gasteiger partial charge in [-0.2, -0.15) is 0 Å². The molecular weight excluding hydrogens is 389 g/mol. The van der Waals surface area contributed by atoms with Crippen molar-refractivity contribution in [2.24, 2.45) is 0 Å². The van der Waals surface area contributed by atoms with Crippen molar-refractivity contribution in [3.05, 3.63) is 66.5 Å². The number of nitrogens with zero attached hydrogens (tertiary/aromatic N) is 5. The van der Waals surface area contributed by atoms with Crippen LogP contribution in [0, 0.1) is 5.82 Å². The molecular formula is C21H20FN5O3. The molecule has 1 saturated heterocycles. The minimum Gasteiger partial charge on any atom is -0.441 e. The van der Waals surface area contributed by atoms with Crippen LogP contribution in [-0.2, 0) is 11.2 Å². The molecule has 8 nitrogen and oxygen atoms in total. The lowest BCUT2D eigenvalue weighted by Gasteiger charge is -2.34. The van der Waals surface area contributed by atoms with E-state index in [1.807, 2.05) is 0 Å². The first-order chi connectivity index (χ1) is 14.6. The maximum Gasteiger partial charge on any atom is 0.274 e. The Labute approximate surface area is 172 Å². The normalized spacial score (nSPS) is 14.0. The summed E-state index contributed by atoms with van der Waals surface area (Å²) in [5, 5.41) is 0. The fourth-order valence-corrected chi connectivity index (χ4v) is 3.31. The lowest BCUT2D eigenvalue weighted by atomic mass is 10.2. The van der Waals surface area contributed by atoms with Crippen LogP contribution in [0.2, 0.25) is 0 Å². The van der Waals surface area contributed by atoms with E-state index >= 15 is 0 Å². The van der Waals surface area contributed by atoms with E-state index in [2.05, 4.69) is 15.0 Å². The molecule has 1 fully saturated rings. The van der Waals surface area contributed by atoms with Gasteiger partial charge in [0, 0.05) is 51.4 Å². The van der Waals surface area contributed by atoms with E-state index in [1.54, 1.807) is 28.0 Å². The molecule has 0 N–H and O–H groups in total. The summed E-state index contributed by atoms with van der Waals surface area (Å²) >= 11 is 0. The highest BCUT2D eigenvalue weighted by molar-refractivity contribution is 5.92. The Bertz CT molecular complexity index is 1030. The molecule has 0 saturated carbocycles. The summed E-state index contributed by atoms with van der Waals surface area (Å²) in [6, 6.07) is 6.30. The molecule has 1 aromatic carbocycles. The first-order valence-electron chi connectivity index (χ1n) is 9.64. The summed E-state index contributed by atoms with van der Waals surface area (Å²) in [7, 11) is 0. The van der Waals surface area contributed by atoms with Gasteiger partial charge >= 0.3 is 0 Å². The third kappa shape index (κ3) is 4.35. The molecule has 154 valence electrons. The van der Waals surface area contributed by atoms with Crippen molar-refractivity contribution in [2.45, 2.75) is 12.8 Å². The van der Waals surface area contributed by atoms with Crippen LogP contribution < -0.4 is 0 Å². The molecule has 3 heterocycles. The number of hydrogen-bond acceptors (Lipinski definition) is 6. The number of rotatable bonds is 5. The standard InChI is InChI=1S/C21H20FN5O3/c22-16-4-2-1-3-15(16)18-14-25-19(30-18)5-6-20(28)26-9-11-27(12-10-26)21(29)17-13-23-7-8-24-17/h1-4,7-8,13-14H,5-6,9-12H2. The third-order valence-corrected chi connectivity index (χ3v) is 4.95. The number of benzene rings is 1. The van der Waals surface area contributed by atoms with Gasteiger partial charge in [0.05, 0.1) is 18.0 Å². The quantitative estimate of drug-likeness (QED) is 0.641. The van der Waals surface area contributed by atoms with E-state index in [9.17, 15) is 14.0 Å². The van der Waals surface area contributed by atoms with E-state index in [0.717, 1.165) is 0 Å². The van der Waals surface area contributed by atoms with E-state index in [4.69, 9.17) is 4.42 Å². The second-order valence-electron chi connectivity index (χ2n) is 6.86. The predicted molar refractivity (Wildman–Crippen MR) is 105 cm³/mol. The van der Waals surface area contributed by atoms with Crippen molar-refractivity contribution in [2.75, 3.05) is 26.2 Å². The lowest BCUT2D eigenvalue weighted by molar-refractivity contribution is -0.132. The van der Waals surface area contributed by atoms with E-state index in [0.29, 0.717) is 55.5 Å². The number of piperazine rings is 1. The number of carbonyl (C=O) groups excluding carboxylic acids is 2. The highest BCUT2D eigenvalue weighted by Gasteiger charge is 2.25. The fraction of sp³-hybridized carbons (Fsp3) is 0.286. The molecule has 1 aliphatic heterocycles. The largest absolute Gasteiger partial charge is 0.441 e. The lowest BCUT2D eigenvalue weighted by Crippen LogP contribution is -2.50. The molecule has 30 heavy (non-hydrogen) atoms.